The summed E-state index contributed by atoms with van der Waals surface area (Å²) in [6, 6.07) is 8.57. The van der Waals surface area contributed by atoms with Gasteiger partial charge in [-0.25, -0.2) is 0 Å². The molecular weight excluding hydrogens is 275 g/mol. The molecule has 0 bridgehead atoms. The molecule has 0 saturated heterocycles. The van der Waals surface area contributed by atoms with Gasteiger partial charge >= 0.3 is 6.36 Å². The predicted molar refractivity (Wildman–Crippen MR) is 63.0 cm³/mol. The quantitative estimate of drug-likeness (QED) is 0.939. The molecule has 0 aliphatic rings. The predicted octanol–water partition coefficient (Wildman–Crippen LogP) is 3.11. The van der Waals surface area contributed by atoms with Gasteiger partial charge in [0.1, 0.15) is 5.75 Å². The molecule has 20 heavy (non-hydrogen) atoms. The molecule has 1 heterocycles. The van der Waals surface area contributed by atoms with Crippen molar-refractivity contribution < 1.29 is 27.1 Å². The van der Waals surface area contributed by atoms with E-state index in [1.54, 1.807) is 6.07 Å². The fourth-order valence-corrected chi connectivity index (χ4v) is 1.54. The molecule has 0 aliphatic carbocycles. The average molecular weight is 285 g/mol. The van der Waals surface area contributed by atoms with E-state index < -0.39 is 12.3 Å². The number of furan rings is 1. The maximum absolute atomic E-state index is 12.2. The second-order valence-electron chi connectivity index (χ2n) is 3.82. The monoisotopic (exact) mass is 285 g/mol. The van der Waals surface area contributed by atoms with Crippen LogP contribution in [0.5, 0.6) is 5.75 Å². The van der Waals surface area contributed by atoms with Crippen molar-refractivity contribution in [1.29, 1.82) is 0 Å². The lowest BCUT2D eigenvalue weighted by atomic mass is 10.2. The molecule has 0 fully saturated rings. The molecule has 0 spiro atoms. The zero-order valence-electron chi connectivity index (χ0n) is 10.1. The highest BCUT2D eigenvalue weighted by Crippen LogP contribution is 2.26. The summed E-state index contributed by atoms with van der Waals surface area (Å²) >= 11 is 0. The number of amides is 1. The SMILES string of the molecule is O=C(NCc1ccccc1OC(F)(F)F)c1ccco1. The molecule has 1 aromatic carbocycles. The van der Waals surface area contributed by atoms with Gasteiger partial charge in [-0.15, -0.1) is 13.2 Å². The second kappa shape index (κ2) is 5.68. The van der Waals surface area contributed by atoms with Crippen LogP contribution in [0.15, 0.2) is 47.1 Å². The van der Waals surface area contributed by atoms with Gasteiger partial charge in [0.15, 0.2) is 5.76 Å². The largest absolute Gasteiger partial charge is 0.573 e. The van der Waals surface area contributed by atoms with Gasteiger partial charge in [-0.05, 0) is 18.2 Å². The van der Waals surface area contributed by atoms with Crippen molar-refractivity contribution >= 4 is 5.91 Å². The van der Waals surface area contributed by atoms with Crippen LogP contribution in [0.3, 0.4) is 0 Å². The van der Waals surface area contributed by atoms with Crippen molar-refractivity contribution in [3.05, 3.63) is 54.0 Å². The van der Waals surface area contributed by atoms with Crippen LogP contribution in [0.1, 0.15) is 16.1 Å². The number of halogens is 3. The first-order chi connectivity index (χ1) is 9.46. The Bertz CT molecular complexity index is 579. The third-order valence-electron chi connectivity index (χ3n) is 2.38. The summed E-state index contributed by atoms with van der Waals surface area (Å²) in [6.07, 6.45) is -3.45. The number of nitrogens with one attached hydrogen (secondary N) is 1. The van der Waals surface area contributed by atoms with Crippen molar-refractivity contribution in [2.45, 2.75) is 12.9 Å². The number of ether oxygens (including phenoxy) is 1. The first-order valence-corrected chi connectivity index (χ1v) is 5.61. The lowest BCUT2D eigenvalue weighted by Crippen LogP contribution is -2.24. The van der Waals surface area contributed by atoms with E-state index in [-0.39, 0.29) is 23.6 Å². The van der Waals surface area contributed by atoms with Crippen molar-refractivity contribution in [2.75, 3.05) is 0 Å². The Morgan fingerprint density at radius 3 is 2.60 bits per heavy atom. The number of benzene rings is 1. The van der Waals surface area contributed by atoms with Crippen LogP contribution in [0.4, 0.5) is 13.2 Å². The summed E-state index contributed by atoms with van der Waals surface area (Å²) < 4.78 is 45.4. The summed E-state index contributed by atoms with van der Waals surface area (Å²) in [7, 11) is 0. The molecule has 1 aromatic heterocycles. The van der Waals surface area contributed by atoms with Crippen molar-refractivity contribution in [1.82, 2.24) is 5.32 Å². The van der Waals surface area contributed by atoms with E-state index in [0.29, 0.717) is 0 Å². The third-order valence-corrected chi connectivity index (χ3v) is 2.38. The van der Waals surface area contributed by atoms with Crippen molar-refractivity contribution in [2.24, 2.45) is 0 Å². The number of hydrogen-bond donors (Lipinski definition) is 1. The van der Waals surface area contributed by atoms with Gasteiger partial charge in [-0.2, -0.15) is 0 Å². The fourth-order valence-electron chi connectivity index (χ4n) is 1.54. The lowest BCUT2D eigenvalue weighted by Gasteiger charge is -2.13. The zero-order chi connectivity index (χ0) is 14.6. The average Bonchev–Trinajstić information content (AvgIpc) is 2.89. The highest BCUT2D eigenvalue weighted by Gasteiger charge is 2.31. The van der Waals surface area contributed by atoms with Gasteiger partial charge in [-0.1, -0.05) is 18.2 Å². The fraction of sp³-hybridized carbons (Fsp3) is 0.154. The Morgan fingerprint density at radius 1 is 1.20 bits per heavy atom. The Kier molecular flexibility index (Phi) is 3.97. The highest BCUT2D eigenvalue weighted by molar-refractivity contribution is 5.91. The minimum atomic E-state index is -4.78. The Balaban J connectivity index is 2.04. The third kappa shape index (κ3) is 3.78. The van der Waals surface area contributed by atoms with Gasteiger partial charge in [0.25, 0.3) is 5.91 Å². The Labute approximate surface area is 112 Å². The van der Waals surface area contributed by atoms with Gasteiger partial charge in [-0.3, -0.25) is 4.79 Å². The van der Waals surface area contributed by atoms with Crippen LogP contribution >= 0.6 is 0 Å². The normalized spacial score (nSPS) is 11.2. The van der Waals surface area contributed by atoms with Gasteiger partial charge < -0.3 is 14.5 Å². The van der Waals surface area contributed by atoms with E-state index in [1.165, 1.54) is 36.6 Å². The van der Waals surface area contributed by atoms with Gasteiger partial charge in [0.2, 0.25) is 0 Å². The summed E-state index contributed by atoms with van der Waals surface area (Å²) in [5.74, 6) is -0.782. The van der Waals surface area contributed by atoms with Crippen LogP contribution in [0.2, 0.25) is 0 Å². The van der Waals surface area contributed by atoms with Crippen LogP contribution in [-0.4, -0.2) is 12.3 Å². The van der Waals surface area contributed by atoms with Crippen LogP contribution in [-0.2, 0) is 6.54 Å². The molecule has 0 unspecified atom stereocenters. The van der Waals surface area contributed by atoms with Crippen LogP contribution in [0.25, 0.3) is 0 Å². The first-order valence-electron chi connectivity index (χ1n) is 5.61. The van der Waals surface area contributed by atoms with Gasteiger partial charge in [0, 0.05) is 12.1 Å². The molecule has 7 heteroatoms. The topological polar surface area (TPSA) is 51.5 Å². The van der Waals surface area contributed by atoms with E-state index in [2.05, 4.69) is 10.1 Å². The first kappa shape index (κ1) is 14.0. The van der Waals surface area contributed by atoms with E-state index in [1.807, 2.05) is 0 Å². The van der Waals surface area contributed by atoms with Crippen LogP contribution in [0, 0.1) is 0 Å². The molecule has 1 N–H and O–H groups in total. The molecule has 0 radical (unpaired) electrons. The number of rotatable bonds is 4. The minimum Gasteiger partial charge on any atom is -0.459 e. The molecule has 0 atom stereocenters. The van der Waals surface area contributed by atoms with Crippen molar-refractivity contribution in [3.63, 3.8) is 0 Å². The Morgan fingerprint density at radius 2 is 1.95 bits per heavy atom. The summed E-state index contributed by atoms with van der Waals surface area (Å²) in [5, 5.41) is 2.45. The standard InChI is InChI=1S/C13H10F3NO3/c14-13(15,16)20-10-5-2-1-4-9(10)8-17-12(18)11-6-3-7-19-11/h1-7H,8H2,(H,17,18). The maximum atomic E-state index is 12.2. The molecule has 106 valence electrons. The molecule has 0 saturated carbocycles. The lowest BCUT2D eigenvalue weighted by molar-refractivity contribution is -0.274. The highest BCUT2D eigenvalue weighted by atomic mass is 19.4. The number of para-hydroxylation sites is 1. The molecule has 2 aromatic rings. The minimum absolute atomic E-state index is 0.0826. The maximum Gasteiger partial charge on any atom is 0.573 e. The van der Waals surface area contributed by atoms with Crippen LogP contribution < -0.4 is 10.1 Å². The smallest absolute Gasteiger partial charge is 0.459 e. The van der Waals surface area contributed by atoms with Gasteiger partial charge in [0.05, 0.1) is 6.26 Å². The van der Waals surface area contributed by atoms with E-state index in [9.17, 15) is 18.0 Å². The summed E-state index contributed by atoms with van der Waals surface area (Å²) in [5.41, 5.74) is 0.213. The number of alkyl halides is 3. The van der Waals surface area contributed by atoms with E-state index in [4.69, 9.17) is 4.42 Å². The second-order valence-corrected chi connectivity index (χ2v) is 3.82. The molecule has 4 nitrogen and oxygen atoms in total. The molecule has 1 amide bonds. The molecule has 0 aliphatic heterocycles. The summed E-state index contributed by atoms with van der Waals surface area (Å²) in [6.45, 7) is -0.105. The van der Waals surface area contributed by atoms with E-state index >= 15 is 0 Å². The number of carbonyl (C=O) groups excluding carboxylic acids is 1. The Hall–Kier alpha value is -2.44. The summed E-state index contributed by atoms with van der Waals surface area (Å²) in [4.78, 5) is 11.6. The molecular formula is C13H10F3NO3. The number of hydrogen-bond acceptors (Lipinski definition) is 3. The van der Waals surface area contributed by atoms with E-state index in [0.717, 1.165) is 0 Å². The van der Waals surface area contributed by atoms with Crippen molar-refractivity contribution in [3.8, 4) is 5.75 Å². The zero-order valence-corrected chi connectivity index (χ0v) is 10.1. The molecule has 2 rings (SSSR count). The number of carbonyl (C=O) groups is 1.